The van der Waals surface area contributed by atoms with Crippen molar-refractivity contribution in [3.05, 3.63) is 59.1 Å². The highest BCUT2D eigenvalue weighted by Crippen LogP contribution is 2.16. The molecule has 0 bridgehead atoms. The third kappa shape index (κ3) is 6.85. The Bertz CT molecular complexity index is 999. The predicted octanol–water partition coefficient (Wildman–Crippen LogP) is 3.13. The minimum Gasteiger partial charge on any atom is -0.332 e. The van der Waals surface area contributed by atoms with E-state index in [2.05, 4.69) is 10.0 Å². The summed E-state index contributed by atoms with van der Waals surface area (Å²) in [5.41, 5.74) is 0.186. The van der Waals surface area contributed by atoms with E-state index in [9.17, 15) is 18.0 Å². The van der Waals surface area contributed by atoms with E-state index in [-0.39, 0.29) is 22.9 Å². The number of carbonyl (C=O) groups is 2. The van der Waals surface area contributed by atoms with Gasteiger partial charge in [0.25, 0.3) is 5.91 Å². The first kappa shape index (κ1) is 22.9. The normalized spacial score (nSPS) is 11.8. The van der Waals surface area contributed by atoms with Gasteiger partial charge in [-0.2, -0.15) is 0 Å². The van der Waals surface area contributed by atoms with E-state index < -0.39 is 21.5 Å². The number of nitrogens with one attached hydrogen (secondary N) is 2. The average Bonchev–Trinajstić information content (AvgIpc) is 2.59. The second-order valence-electron chi connectivity index (χ2n) is 7.60. The summed E-state index contributed by atoms with van der Waals surface area (Å²) in [6.45, 7) is 5.06. The van der Waals surface area contributed by atoms with Crippen molar-refractivity contribution in [2.24, 2.45) is 0 Å². The Labute approximate surface area is 176 Å². The molecular weight excluding hydrogens is 414 g/mol. The zero-order valence-corrected chi connectivity index (χ0v) is 18.3. The van der Waals surface area contributed by atoms with Crippen LogP contribution in [0.5, 0.6) is 0 Å². The summed E-state index contributed by atoms with van der Waals surface area (Å²) in [5.74, 6) is -0.782. The molecule has 0 heterocycles. The second-order valence-corrected chi connectivity index (χ2v) is 9.72. The highest BCUT2D eigenvalue weighted by atomic mass is 35.5. The minimum absolute atomic E-state index is 0.0605. The number of nitrogens with zero attached hydrogens (tertiary/aromatic N) is 1. The molecule has 0 aliphatic carbocycles. The summed E-state index contributed by atoms with van der Waals surface area (Å²) in [7, 11) is -2.20. The fourth-order valence-corrected chi connectivity index (χ4v) is 4.12. The smallest absolute Gasteiger partial charge is 0.254 e. The van der Waals surface area contributed by atoms with Crippen LogP contribution in [0.25, 0.3) is 0 Å². The lowest BCUT2D eigenvalue weighted by Gasteiger charge is -2.20. The van der Waals surface area contributed by atoms with Crippen LogP contribution < -0.4 is 10.0 Å². The van der Waals surface area contributed by atoms with Gasteiger partial charge in [-0.25, -0.2) is 13.1 Å². The van der Waals surface area contributed by atoms with E-state index in [1.54, 1.807) is 45.0 Å². The van der Waals surface area contributed by atoms with Crippen molar-refractivity contribution < 1.29 is 18.0 Å². The molecular formula is C20H24ClN3O4S. The van der Waals surface area contributed by atoms with Crippen molar-refractivity contribution in [3.8, 4) is 0 Å². The van der Waals surface area contributed by atoms with Crippen LogP contribution in [0.15, 0.2) is 53.4 Å². The molecule has 7 nitrogen and oxygen atoms in total. The zero-order chi connectivity index (χ0) is 21.8. The second kappa shape index (κ2) is 8.94. The molecule has 156 valence electrons. The van der Waals surface area contributed by atoms with Gasteiger partial charge in [0.1, 0.15) is 0 Å². The van der Waals surface area contributed by atoms with Crippen LogP contribution in [0.2, 0.25) is 5.02 Å². The number of amides is 2. The molecule has 0 aromatic heterocycles. The number of benzene rings is 2. The Morgan fingerprint density at radius 2 is 1.69 bits per heavy atom. The molecule has 2 amide bonds. The summed E-state index contributed by atoms with van der Waals surface area (Å²) in [6, 6.07) is 12.3. The number of likely N-dealkylation sites (N-methyl/N-ethyl adjacent to an activating group) is 1. The Hall–Kier alpha value is -2.42. The minimum atomic E-state index is -3.69. The van der Waals surface area contributed by atoms with Crippen molar-refractivity contribution >= 4 is 39.1 Å². The molecule has 0 saturated carbocycles. The molecule has 0 unspecified atom stereocenters. The van der Waals surface area contributed by atoms with Crippen molar-refractivity contribution in [3.63, 3.8) is 0 Å². The largest absolute Gasteiger partial charge is 0.332 e. The van der Waals surface area contributed by atoms with Crippen LogP contribution in [-0.4, -0.2) is 44.3 Å². The van der Waals surface area contributed by atoms with Crippen LogP contribution in [-0.2, 0) is 14.8 Å². The monoisotopic (exact) mass is 437 g/mol. The molecule has 0 fully saturated rings. The number of anilines is 1. The quantitative estimate of drug-likeness (QED) is 0.725. The van der Waals surface area contributed by atoms with E-state index in [1.165, 1.54) is 36.2 Å². The maximum Gasteiger partial charge on any atom is 0.254 e. The number of carbonyl (C=O) groups excluding carboxylic acids is 2. The third-order valence-electron chi connectivity index (χ3n) is 3.69. The molecule has 0 aliphatic rings. The van der Waals surface area contributed by atoms with Crippen LogP contribution in [0.3, 0.4) is 0 Å². The van der Waals surface area contributed by atoms with Crippen LogP contribution in [0.4, 0.5) is 5.69 Å². The molecule has 9 heteroatoms. The maximum absolute atomic E-state index is 12.5. The van der Waals surface area contributed by atoms with Crippen molar-refractivity contribution in [2.45, 2.75) is 31.2 Å². The first-order chi connectivity index (χ1) is 13.4. The number of hydrogen-bond acceptors (Lipinski definition) is 4. The molecule has 0 saturated heterocycles. The number of sulfonamides is 1. The molecule has 0 atom stereocenters. The van der Waals surface area contributed by atoms with Gasteiger partial charge in [0.15, 0.2) is 0 Å². The van der Waals surface area contributed by atoms with E-state index in [0.29, 0.717) is 10.7 Å². The third-order valence-corrected chi connectivity index (χ3v) is 5.70. The summed E-state index contributed by atoms with van der Waals surface area (Å²) in [4.78, 5) is 26.0. The molecule has 2 aromatic carbocycles. The average molecular weight is 438 g/mol. The van der Waals surface area contributed by atoms with Gasteiger partial charge >= 0.3 is 0 Å². The molecule has 0 aliphatic heterocycles. The first-order valence-corrected chi connectivity index (χ1v) is 10.7. The highest BCUT2D eigenvalue weighted by molar-refractivity contribution is 7.89. The van der Waals surface area contributed by atoms with Gasteiger partial charge in [-0.15, -0.1) is 0 Å². The SMILES string of the molecule is CN(CC(=O)Nc1cccc(Cl)c1)C(=O)c1ccc(S(=O)(=O)NC(C)(C)C)cc1. The van der Waals surface area contributed by atoms with Crippen LogP contribution in [0.1, 0.15) is 31.1 Å². The van der Waals surface area contributed by atoms with E-state index in [0.717, 1.165) is 0 Å². The molecule has 0 radical (unpaired) electrons. The Balaban J connectivity index is 2.03. The van der Waals surface area contributed by atoms with Crippen molar-refractivity contribution in [1.29, 1.82) is 0 Å². The molecule has 29 heavy (non-hydrogen) atoms. The summed E-state index contributed by atoms with van der Waals surface area (Å²) in [5, 5.41) is 3.15. The number of rotatable bonds is 6. The summed E-state index contributed by atoms with van der Waals surface area (Å²) in [6.07, 6.45) is 0. The van der Waals surface area contributed by atoms with Crippen molar-refractivity contribution in [1.82, 2.24) is 9.62 Å². The van der Waals surface area contributed by atoms with Gasteiger partial charge in [0.2, 0.25) is 15.9 Å². The van der Waals surface area contributed by atoms with Crippen LogP contribution in [0, 0.1) is 0 Å². The lowest BCUT2D eigenvalue weighted by Crippen LogP contribution is -2.40. The predicted molar refractivity (Wildman–Crippen MR) is 114 cm³/mol. The van der Waals surface area contributed by atoms with Gasteiger partial charge in [0.05, 0.1) is 11.4 Å². The standard InChI is InChI=1S/C20H24ClN3O4S/c1-20(2,3)23-29(27,28)17-10-8-14(9-11-17)19(26)24(4)13-18(25)22-16-7-5-6-15(21)12-16/h5-12,23H,13H2,1-4H3,(H,22,25). The Morgan fingerprint density at radius 1 is 1.07 bits per heavy atom. The van der Waals surface area contributed by atoms with Crippen molar-refractivity contribution in [2.75, 3.05) is 18.9 Å². The maximum atomic E-state index is 12.5. The van der Waals surface area contributed by atoms with E-state index in [4.69, 9.17) is 11.6 Å². The van der Waals surface area contributed by atoms with Gasteiger partial charge in [0, 0.05) is 28.9 Å². The molecule has 2 rings (SSSR count). The van der Waals surface area contributed by atoms with E-state index in [1.807, 2.05) is 0 Å². The fourth-order valence-electron chi connectivity index (χ4n) is 2.51. The lowest BCUT2D eigenvalue weighted by atomic mass is 10.1. The van der Waals surface area contributed by atoms with Crippen LogP contribution >= 0.6 is 11.6 Å². The fraction of sp³-hybridized carbons (Fsp3) is 0.300. The van der Waals surface area contributed by atoms with Gasteiger partial charge in [-0.3, -0.25) is 9.59 Å². The Kier molecular flexibility index (Phi) is 7.05. The zero-order valence-electron chi connectivity index (χ0n) is 16.7. The molecule has 0 spiro atoms. The highest BCUT2D eigenvalue weighted by Gasteiger charge is 2.22. The van der Waals surface area contributed by atoms with E-state index >= 15 is 0 Å². The van der Waals surface area contributed by atoms with Gasteiger partial charge in [-0.05, 0) is 63.2 Å². The first-order valence-electron chi connectivity index (χ1n) is 8.82. The number of hydrogen-bond donors (Lipinski definition) is 2. The summed E-state index contributed by atoms with van der Waals surface area (Å²) >= 11 is 5.88. The van der Waals surface area contributed by atoms with Gasteiger partial charge in [-0.1, -0.05) is 17.7 Å². The number of halogens is 1. The lowest BCUT2D eigenvalue weighted by molar-refractivity contribution is -0.116. The topological polar surface area (TPSA) is 95.6 Å². The van der Waals surface area contributed by atoms with Gasteiger partial charge < -0.3 is 10.2 Å². The Morgan fingerprint density at radius 3 is 2.24 bits per heavy atom. The molecule has 2 aromatic rings. The summed E-state index contributed by atoms with van der Waals surface area (Å²) < 4.78 is 27.2. The molecule has 2 N–H and O–H groups in total.